The maximum absolute atomic E-state index is 14.1. The highest BCUT2D eigenvalue weighted by Gasteiger charge is 2.67. The second kappa shape index (κ2) is 9.99. The van der Waals surface area contributed by atoms with Gasteiger partial charge in [0.05, 0.1) is 11.7 Å². The van der Waals surface area contributed by atoms with Crippen LogP contribution in [0.1, 0.15) is 29.5 Å². The fourth-order valence-electron chi connectivity index (χ4n) is 7.30. The van der Waals surface area contributed by atoms with Crippen molar-refractivity contribution in [3.05, 3.63) is 40.5 Å². The van der Waals surface area contributed by atoms with E-state index in [9.17, 15) is 34.8 Å². The number of phenolic OH excluding ortho intramolecular Hbond substituents is 1. The molecule has 5 rings (SSSR count). The van der Waals surface area contributed by atoms with Gasteiger partial charge in [-0.05, 0) is 50.9 Å². The highest BCUT2D eigenvalue weighted by atomic mass is 16.3. The number of benzene rings is 1. The van der Waals surface area contributed by atoms with Crippen molar-refractivity contribution in [3.63, 3.8) is 0 Å². The molecule has 1 aromatic carbocycles. The van der Waals surface area contributed by atoms with Gasteiger partial charge in [0.2, 0.25) is 11.7 Å². The standard InChI is InChI=1S/C29H38N4O7/c1-31(2)18-12-15(13-33-8-6-5-7-9-33)23(34)20-16(18)10-14-11-17-22(32(3)4)25(36)21(28(30)39)27(38)29(17,40)26(37)19(14)24(20)35/h5-6,12,14,17,21-22,25,34-36,40H,7-11,13H2,1-4H3,(H2,30,39)/t14-,17-,21?,22-,25?,29-/m0/s1. The minimum Gasteiger partial charge on any atom is -0.507 e. The Labute approximate surface area is 233 Å². The molecule has 0 bridgehead atoms. The van der Waals surface area contributed by atoms with Gasteiger partial charge in [-0.1, -0.05) is 12.2 Å². The summed E-state index contributed by atoms with van der Waals surface area (Å²) in [4.78, 5) is 45.4. The number of fused-ring (bicyclic) bond motifs is 3. The predicted molar refractivity (Wildman–Crippen MR) is 147 cm³/mol. The van der Waals surface area contributed by atoms with E-state index < -0.39 is 58.7 Å². The van der Waals surface area contributed by atoms with Crippen molar-refractivity contribution in [2.75, 3.05) is 46.2 Å². The molecule has 6 N–H and O–H groups in total. The second-order valence-electron chi connectivity index (χ2n) is 11.9. The van der Waals surface area contributed by atoms with Crippen LogP contribution >= 0.6 is 0 Å². The Morgan fingerprint density at radius 3 is 2.45 bits per heavy atom. The molecule has 11 nitrogen and oxygen atoms in total. The van der Waals surface area contributed by atoms with E-state index in [1.807, 2.05) is 25.1 Å². The molecule has 2 fully saturated rings. The Morgan fingerprint density at radius 2 is 1.88 bits per heavy atom. The van der Waals surface area contributed by atoms with Crippen LogP contribution in [0.5, 0.6) is 5.75 Å². The minimum absolute atomic E-state index is 0.0910. The maximum atomic E-state index is 14.1. The van der Waals surface area contributed by atoms with E-state index in [2.05, 4.69) is 17.1 Å². The number of hydrogen-bond acceptors (Lipinski definition) is 10. The number of aliphatic hydroxyl groups excluding tert-OH is 2. The van der Waals surface area contributed by atoms with E-state index >= 15 is 0 Å². The average molecular weight is 555 g/mol. The van der Waals surface area contributed by atoms with E-state index in [0.717, 1.165) is 25.2 Å². The molecule has 2 saturated carbocycles. The number of nitrogens with zero attached hydrogens (tertiary/aromatic N) is 3. The number of aromatic hydroxyl groups is 1. The van der Waals surface area contributed by atoms with Gasteiger partial charge in [0.15, 0.2) is 11.4 Å². The molecule has 1 aromatic rings. The smallest absolute Gasteiger partial charge is 0.230 e. The van der Waals surface area contributed by atoms with Gasteiger partial charge in [-0.3, -0.25) is 19.3 Å². The number of Topliss-reactive ketones (excluding diaryl/α,β-unsaturated/α-hetero) is 2. The predicted octanol–water partition coefficient (Wildman–Crippen LogP) is -0.0431. The molecule has 11 heteroatoms. The molecule has 2 unspecified atom stereocenters. The number of nitrogens with two attached hydrogens (primary N) is 1. The number of aliphatic hydroxyl groups is 3. The van der Waals surface area contributed by atoms with Gasteiger partial charge in [-0.25, -0.2) is 0 Å². The summed E-state index contributed by atoms with van der Waals surface area (Å²) < 4.78 is 0. The average Bonchev–Trinajstić information content (AvgIpc) is 2.87. The number of phenols is 1. The first-order chi connectivity index (χ1) is 18.8. The molecule has 1 aliphatic heterocycles. The Morgan fingerprint density at radius 1 is 1.18 bits per heavy atom. The van der Waals surface area contributed by atoms with E-state index in [1.165, 1.54) is 0 Å². The maximum Gasteiger partial charge on any atom is 0.230 e. The zero-order chi connectivity index (χ0) is 29.3. The number of likely N-dealkylation sites (N-methyl/N-ethyl adjacent to an activating group) is 1. The second-order valence-corrected chi connectivity index (χ2v) is 11.9. The number of primary amides is 1. The van der Waals surface area contributed by atoms with Crippen LogP contribution in [0.15, 0.2) is 23.8 Å². The van der Waals surface area contributed by atoms with Crippen molar-refractivity contribution in [2.45, 2.75) is 43.6 Å². The van der Waals surface area contributed by atoms with Crippen molar-refractivity contribution in [1.82, 2.24) is 9.80 Å². The van der Waals surface area contributed by atoms with Crippen molar-refractivity contribution in [1.29, 1.82) is 0 Å². The lowest BCUT2D eigenvalue weighted by Gasteiger charge is -2.53. The van der Waals surface area contributed by atoms with Crippen molar-refractivity contribution in [3.8, 4) is 5.75 Å². The summed E-state index contributed by atoms with van der Waals surface area (Å²) in [5.74, 6) is -7.34. The van der Waals surface area contributed by atoms with Crippen LogP contribution in [0.2, 0.25) is 0 Å². The molecular weight excluding hydrogens is 516 g/mol. The molecule has 6 atom stereocenters. The summed E-state index contributed by atoms with van der Waals surface area (Å²) in [5, 5.41) is 45.9. The van der Waals surface area contributed by atoms with Crippen molar-refractivity contribution in [2.24, 2.45) is 23.5 Å². The van der Waals surface area contributed by atoms with Gasteiger partial charge in [0, 0.05) is 62.5 Å². The summed E-state index contributed by atoms with van der Waals surface area (Å²) in [6.45, 7) is 1.96. The number of carbonyl (C=O) groups excluding carboxylic acids is 3. The highest BCUT2D eigenvalue weighted by Crippen LogP contribution is 2.53. The first-order valence-corrected chi connectivity index (χ1v) is 13.6. The minimum atomic E-state index is -2.66. The Hall–Kier alpha value is -3.25. The molecule has 0 saturated heterocycles. The number of carbonyl (C=O) groups is 3. The fourth-order valence-corrected chi connectivity index (χ4v) is 7.30. The lowest BCUT2D eigenvalue weighted by Crippen LogP contribution is -2.73. The highest BCUT2D eigenvalue weighted by molar-refractivity contribution is 6.25. The third-order valence-electron chi connectivity index (χ3n) is 9.16. The van der Waals surface area contributed by atoms with Crippen LogP contribution in [0.25, 0.3) is 5.76 Å². The summed E-state index contributed by atoms with van der Waals surface area (Å²) in [6, 6.07) is 0.983. The number of amides is 1. The number of anilines is 1. The van der Waals surface area contributed by atoms with Gasteiger partial charge in [-0.2, -0.15) is 0 Å². The van der Waals surface area contributed by atoms with Crippen LogP contribution in [-0.2, 0) is 27.3 Å². The lowest BCUT2D eigenvalue weighted by atomic mass is 9.54. The molecule has 4 aliphatic rings. The number of rotatable bonds is 5. The first kappa shape index (κ1) is 28.3. The zero-order valence-corrected chi connectivity index (χ0v) is 23.3. The van der Waals surface area contributed by atoms with Crippen LogP contribution in [0, 0.1) is 17.8 Å². The summed E-state index contributed by atoms with van der Waals surface area (Å²) in [6.07, 6.45) is 3.90. The van der Waals surface area contributed by atoms with E-state index in [1.54, 1.807) is 19.0 Å². The third-order valence-corrected chi connectivity index (χ3v) is 9.16. The zero-order valence-electron chi connectivity index (χ0n) is 23.3. The molecule has 3 aliphatic carbocycles. The molecule has 0 aromatic heterocycles. The first-order valence-electron chi connectivity index (χ1n) is 13.6. The lowest BCUT2D eigenvalue weighted by molar-refractivity contribution is -0.184. The van der Waals surface area contributed by atoms with Crippen LogP contribution < -0.4 is 10.6 Å². The quantitative estimate of drug-likeness (QED) is 0.246. The van der Waals surface area contributed by atoms with E-state index in [0.29, 0.717) is 17.7 Å². The summed E-state index contributed by atoms with van der Waals surface area (Å²) in [5.41, 5.74) is 4.79. The third kappa shape index (κ3) is 4.06. The monoisotopic (exact) mass is 554 g/mol. The van der Waals surface area contributed by atoms with Crippen LogP contribution in [0.3, 0.4) is 0 Å². The molecule has 0 spiro atoms. The number of ketones is 2. The molecule has 216 valence electrons. The topological polar surface area (TPSA) is 168 Å². The van der Waals surface area contributed by atoms with Gasteiger partial charge in [0.25, 0.3) is 0 Å². The normalized spacial score (nSPS) is 32.1. The molecule has 40 heavy (non-hydrogen) atoms. The van der Waals surface area contributed by atoms with Crippen molar-refractivity contribution >= 4 is 28.9 Å². The van der Waals surface area contributed by atoms with Gasteiger partial charge in [0.1, 0.15) is 17.4 Å². The molecule has 1 heterocycles. The number of hydrogen-bond donors (Lipinski definition) is 5. The summed E-state index contributed by atoms with van der Waals surface area (Å²) >= 11 is 0. The van der Waals surface area contributed by atoms with E-state index in [4.69, 9.17) is 5.73 Å². The van der Waals surface area contributed by atoms with Gasteiger partial charge in [-0.15, -0.1) is 0 Å². The Kier molecular flexibility index (Phi) is 7.06. The largest absolute Gasteiger partial charge is 0.507 e. The van der Waals surface area contributed by atoms with Crippen molar-refractivity contribution < 1.29 is 34.8 Å². The molecule has 1 amide bonds. The SMILES string of the molecule is CN(C)c1cc(CN2CC=CCC2)c(O)c2c1C[C@H]1C[C@H]3[C@H](N(C)C)C(O)C(C(N)=O)C(=O)[C@@]3(O)C(=O)C1=C2O. The molecule has 0 radical (unpaired) electrons. The van der Waals surface area contributed by atoms with Gasteiger partial charge < -0.3 is 36.0 Å². The fraction of sp³-hybridized carbons (Fsp3) is 0.552. The van der Waals surface area contributed by atoms with E-state index in [-0.39, 0.29) is 29.7 Å². The summed E-state index contributed by atoms with van der Waals surface area (Å²) in [7, 11) is 6.99. The van der Waals surface area contributed by atoms with Crippen LogP contribution in [-0.4, -0.2) is 107 Å². The Bertz CT molecular complexity index is 1340. The van der Waals surface area contributed by atoms with Gasteiger partial charge >= 0.3 is 0 Å². The van der Waals surface area contributed by atoms with Crippen LogP contribution in [0.4, 0.5) is 5.69 Å². The Balaban J connectivity index is 1.66. The molecular formula is C29H38N4O7.